The molecule has 0 bridgehead atoms. The summed E-state index contributed by atoms with van der Waals surface area (Å²) >= 11 is 0. The lowest BCUT2D eigenvalue weighted by Crippen LogP contribution is -2.47. The molecule has 6 heteroatoms. The Hall–Kier alpha value is -1.69. The van der Waals surface area contributed by atoms with Crippen molar-refractivity contribution in [3.63, 3.8) is 0 Å². The first-order valence-electron chi connectivity index (χ1n) is 5.04. The summed E-state index contributed by atoms with van der Waals surface area (Å²) in [5.41, 5.74) is 0.868. The van der Waals surface area contributed by atoms with Crippen molar-refractivity contribution >= 4 is 11.2 Å². The lowest BCUT2D eigenvalue weighted by molar-refractivity contribution is -0.124. The third-order valence-electron chi connectivity index (χ3n) is 2.57. The first-order valence-corrected chi connectivity index (χ1v) is 5.04. The first kappa shape index (κ1) is 10.8. The lowest BCUT2D eigenvalue weighted by atomic mass is 10.3. The molecule has 0 unspecified atom stereocenters. The molecule has 2 rings (SSSR count). The number of fused-ring (bicyclic) bond motifs is 1. The minimum Gasteiger partial charge on any atom is -0.371 e. The van der Waals surface area contributed by atoms with E-state index in [1.807, 2.05) is 45.0 Å². The molecule has 0 aliphatic carbocycles. The summed E-state index contributed by atoms with van der Waals surface area (Å²) in [6.45, 7) is 3.90. The molecular formula is C10H15N5O. The molecule has 0 aliphatic rings. The molecule has 0 spiro atoms. The maximum atomic E-state index is 5.72. The van der Waals surface area contributed by atoms with Crippen LogP contribution in [0.15, 0.2) is 18.3 Å². The zero-order chi connectivity index (χ0) is 11.8. The van der Waals surface area contributed by atoms with Gasteiger partial charge in [0, 0.05) is 6.20 Å². The zero-order valence-electron chi connectivity index (χ0n) is 9.88. The summed E-state index contributed by atoms with van der Waals surface area (Å²) in [6.07, 6.45) is 1.69. The topological polar surface area (TPSA) is 56.1 Å². The Labute approximate surface area is 93.8 Å². The highest BCUT2D eigenvalue weighted by molar-refractivity contribution is 5.68. The Morgan fingerprint density at radius 3 is 2.81 bits per heavy atom. The van der Waals surface area contributed by atoms with Crippen LogP contribution in [0.5, 0.6) is 0 Å². The Morgan fingerprint density at radius 1 is 1.38 bits per heavy atom. The fourth-order valence-corrected chi connectivity index (χ4v) is 1.10. The van der Waals surface area contributed by atoms with Gasteiger partial charge in [-0.1, -0.05) is 4.85 Å². The third kappa shape index (κ3) is 1.83. The van der Waals surface area contributed by atoms with E-state index in [2.05, 4.69) is 15.3 Å². The van der Waals surface area contributed by atoms with Gasteiger partial charge in [0.2, 0.25) is 5.65 Å². The molecular weight excluding hydrogens is 206 g/mol. The van der Waals surface area contributed by atoms with Crippen LogP contribution >= 0.6 is 0 Å². The second-order valence-electron chi connectivity index (χ2n) is 4.24. The predicted molar refractivity (Wildman–Crippen MR) is 59.7 cm³/mol. The maximum Gasteiger partial charge on any atom is 0.219 e. The molecule has 0 radical (unpaired) electrons. The highest BCUT2D eigenvalue weighted by Crippen LogP contribution is 2.11. The average Bonchev–Trinajstić information content (AvgIpc) is 2.61. The molecule has 0 aromatic carbocycles. The number of pyridine rings is 1. The van der Waals surface area contributed by atoms with Crippen molar-refractivity contribution in [2.75, 3.05) is 14.1 Å². The Bertz CT molecular complexity index is 491. The van der Waals surface area contributed by atoms with Gasteiger partial charge in [0.15, 0.2) is 5.72 Å². The summed E-state index contributed by atoms with van der Waals surface area (Å²) < 4.78 is 0. The normalized spacial score (nSPS) is 12.3. The van der Waals surface area contributed by atoms with Crippen LogP contribution in [0.2, 0.25) is 0 Å². The number of aromatic nitrogens is 4. The summed E-state index contributed by atoms with van der Waals surface area (Å²) in [4.78, 5) is 13.2. The van der Waals surface area contributed by atoms with Crippen molar-refractivity contribution in [1.29, 1.82) is 0 Å². The number of hydrogen-bond donors (Lipinski definition) is 0. The molecule has 0 saturated heterocycles. The van der Waals surface area contributed by atoms with Crippen LogP contribution in [0.4, 0.5) is 0 Å². The molecule has 0 fully saturated rings. The molecule has 0 amide bonds. The second kappa shape index (κ2) is 3.71. The van der Waals surface area contributed by atoms with Crippen molar-refractivity contribution in [2.24, 2.45) is 0 Å². The van der Waals surface area contributed by atoms with Crippen LogP contribution in [-0.2, 0) is 0 Å². The van der Waals surface area contributed by atoms with Crippen molar-refractivity contribution in [3.05, 3.63) is 18.3 Å². The van der Waals surface area contributed by atoms with E-state index < -0.39 is 5.72 Å². The first-order chi connectivity index (χ1) is 7.50. The molecule has 86 valence electrons. The van der Waals surface area contributed by atoms with Crippen LogP contribution in [0, 0.1) is 0 Å². The highest BCUT2D eigenvalue weighted by atomic mass is 16.7. The van der Waals surface area contributed by atoms with Gasteiger partial charge in [0.25, 0.3) is 0 Å². The lowest BCUT2D eigenvalue weighted by Gasteiger charge is -2.31. The van der Waals surface area contributed by atoms with Gasteiger partial charge in [-0.3, -0.25) is 4.90 Å². The van der Waals surface area contributed by atoms with E-state index in [4.69, 9.17) is 4.84 Å². The fraction of sp³-hybridized carbons (Fsp3) is 0.500. The Balaban J connectivity index is 2.35. The summed E-state index contributed by atoms with van der Waals surface area (Å²) in [5, 5.41) is 7.89. The molecule has 0 saturated carbocycles. The quantitative estimate of drug-likeness (QED) is 0.708. The molecule has 2 aromatic rings. The van der Waals surface area contributed by atoms with Crippen LogP contribution in [0.25, 0.3) is 11.2 Å². The van der Waals surface area contributed by atoms with E-state index in [1.165, 1.54) is 4.85 Å². The molecule has 2 aromatic heterocycles. The monoisotopic (exact) mass is 221 g/mol. The summed E-state index contributed by atoms with van der Waals surface area (Å²) in [6, 6.07) is 3.66. The van der Waals surface area contributed by atoms with Gasteiger partial charge < -0.3 is 4.84 Å². The standard InChI is InChI=1S/C10H15N5O/c1-10(2,14(3)4)16-15-9-8(12-13-15)6-5-7-11-9/h5-7H,1-4H3. The molecule has 6 nitrogen and oxygen atoms in total. The van der Waals surface area contributed by atoms with Gasteiger partial charge in [-0.25, -0.2) is 4.98 Å². The third-order valence-corrected chi connectivity index (χ3v) is 2.57. The zero-order valence-corrected chi connectivity index (χ0v) is 9.88. The van der Waals surface area contributed by atoms with Crippen molar-refractivity contribution in [1.82, 2.24) is 25.0 Å². The van der Waals surface area contributed by atoms with Gasteiger partial charge in [0.05, 0.1) is 0 Å². The Morgan fingerprint density at radius 2 is 2.12 bits per heavy atom. The smallest absolute Gasteiger partial charge is 0.219 e. The van der Waals surface area contributed by atoms with E-state index >= 15 is 0 Å². The molecule has 16 heavy (non-hydrogen) atoms. The number of nitrogens with zero attached hydrogens (tertiary/aromatic N) is 5. The average molecular weight is 221 g/mol. The van der Waals surface area contributed by atoms with E-state index in [0.29, 0.717) is 5.65 Å². The van der Waals surface area contributed by atoms with Gasteiger partial charge in [-0.15, -0.1) is 5.10 Å². The van der Waals surface area contributed by atoms with Gasteiger partial charge >= 0.3 is 0 Å². The van der Waals surface area contributed by atoms with Crippen LogP contribution in [-0.4, -0.2) is 44.9 Å². The van der Waals surface area contributed by atoms with Gasteiger partial charge in [-0.2, -0.15) is 0 Å². The number of hydrogen-bond acceptors (Lipinski definition) is 5. The summed E-state index contributed by atoms with van der Waals surface area (Å²) in [7, 11) is 3.87. The van der Waals surface area contributed by atoms with Crippen LogP contribution in [0.3, 0.4) is 0 Å². The van der Waals surface area contributed by atoms with Crippen molar-refractivity contribution in [3.8, 4) is 0 Å². The van der Waals surface area contributed by atoms with Crippen LogP contribution < -0.4 is 4.84 Å². The molecule has 2 heterocycles. The van der Waals surface area contributed by atoms with Gasteiger partial charge in [-0.05, 0) is 45.3 Å². The molecule has 0 aliphatic heterocycles. The fourth-order valence-electron chi connectivity index (χ4n) is 1.10. The van der Waals surface area contributed by atoms with E-state index in [0.717, 1.165) is 5.52 Å². The van der Waals surface area contributed by atoms with Crippen LogP contribution in [0.1, 0.15) is 13.8 Å². The molecule has 0 atom stereocenters. The minimum absolute atomic E-state index is 0.474. The minimum atomic E-state index is -0.474. The largest absolute Gasteiger partial charge is 0.371 e. The van der Waals surface area contributed by atoms with Gasteiger partial charge in [0.1, 0.15) is 5.52 Å². The van der Waals surface area contributed by atoms with E-state index in [1.54, 1.807) is 6.20 Å². The molecule has 0 N–H and O–H groups in total. The summed E-state index contributed by atoms with van der Waals surface area (Å²) in [5.74, 6) is 0. The predicted octanol–water partition coefficient (Wildman–Crippen LogP) is 0.553. The Kier molecular flexibility index (Phi) is 2.51. The SMILES string of the molecule is CN(C)C(C)(C)On1nnc2cccnc21. The van der Waals surface area contributed by atoms with Crippen molar-refractivity contribution < 1.29 is 4.84 Å². The van der Waals surface area contributed by atoms with Crippen molar-refractivity contribution in [2.45, 2.75) is 19.6 Å². The number of rotatable bonds is 3. The van der Waals surface area contributed by atoms with E-state index in [-0.39, 0.29) is 0 Å². The van der Waals surface area contributed by atoms with E-state index in [9.17, 15) is 0 Å². The maximum absolute atomic E-state index is 5.72. The highest BCUT2D eigenvalue weighted by Gasteiger charge is 2.24. The second-order valence-corrected chi connectivity index (χ2v) is 4.24.